The summed E-state index contributed by atoms with van der Waals surface area (Å²) in [6.07, 6.45) is 1.58. The molecule has 0 aliphatic heterocycles. The van der Waals surface area contributed by atoms with E-state index < -0.39 is 0 Å². The molecule has 19 heavy (non-hydrogen) atoms. The molecule has 0 spiro atoms. The number of nitrogens with one attached hydrogen (secondary N) is 1. The smallest absolute Gasteiger partial charge is 0.256 e. The van der Waals surface area contributed by atoms with Crippen LogP contribution in [0.1, 0.15) is 10.4 Å². The van der Waals surface area contributed by atoms with Gasteiger partial charge in [-0.3, -0.25) is 9.59 Å². The molecule has 0 atom stereocenters. The second-order valence-corrected chi connectivity index (χ2v) is 4.60. The Morgan fingerprint density at radius 1 is 1.53 bits per heavy atom. The van der Waals surface area contributed by atoms with Crippen molar-refractivity contribution in [2.45, 2.75) is 0 Å². The van der Waals surface area contributed by atoms with E-state index in [-0.39, 0.29) is 18.4 Å². The lowest BCUT2D eigenvalue weighted by Gasteiger charge is -2.17. The van der Waals surface area contributed by atoms with Gasteiger partial charge in [0.1, 0.15) is 4.60 Å². The molecule has 0 saturated carbocycles. The largest absolute Gasteiger partial charge is 0.383 e. The minimum absolute atomic E-state index is 0.0100. The van der Waals surface area contributed by atoms with Gasteiger partial charge in [0.25, 0.3) is 5.91 Å². The lowest BCUT2D eigenvalue weighted by molar-refractivity contribution is -0.121. The highest BCUT2D eigenvalue weighted by Crippen LogP contribution is 2.14. The van der Waals surface area contributed by atoms with Gasteiger partial charge in [-0.25, -0.2) is 4.98 Å². The number of methoxy groups -OCH3 is 1. The first kappa shape index (κ1) is 15.6. The van der Waals surface area contributed by atoms with Crippen LogP contribution in [0.15, 0.2) is 22.9 Å². The summed E-state index contributed by atoms with van der Waals surface area (Å²) < 4.78 is 5.28. The lowest BCUT2D eigenvalue weighted by atomic mass is 10.2. The topological polar surface area (TPSA) is 71.5 Å². The van der Waals surface area contributed by atoms with Crippen molar-refractivity contribution in [1.82, 2.24) is 15.2 Å². The molecule has 1 heterocycles. The van der Waals surface area contributed by atoms with Gasteiger partial charge in [-0.1, -0.05) is 0 Å². The van der Waals surface area contributed by atoms with Gasteiger partial charge in [-0.05, 0) is 28.1 Å². The van der Waals surface area contributed by atoms with Gasteiger partial charge in [-0.2, -0.15) is 0 Å². The number of aromatic nitrogens is 1. The molecule has 1 rings (SSSR count). The molecule has 0 saturated heterocycles. The van der Waals surface area contributed by atoms with Gasteiger partial charge in [-0.15, -0.1) is 0 Å². The average Bonchev–Trinajstić information content (AvgIpc) is 2.38. The van der Waals surface area contributed by atoms with Crippen molar-refractivity contribution in [2.24, 2.45) is 0 Å². The summed E-state index contributed by atoms with van der Waals surface area (Å²) in [4.78, 5) is 29.0. The number of carbonyl (C=O) groups excluding carboxylic acids is 2. The zero-order chi connectivity index (χ0) is 14.3. The highest BCUT2D eigenvalue weighted by Gasteiger charge is 2.17. The van der Waals surface area contributed by atoms with Crippen LogP contribution in [0.25, 0.3) is 0 Å². The molecule has 0 aromatic carbocycles. The first-order chi connectivity index (χ1) is 9.06. The van der Waals surface area contributed by atoms with Crippen LogP contribution in [0.4, 0.5) is 0 Å². The number of hydrogen-bond donors (Lipinski definition) is 1. The molecule has 0 radical (unpaired) electrons. The van der Waals surface area contributed by atoms with Gasteiger partial charge in [0.2, 0.25) is 5.91 Å². The van der Waals surface area contributed by atoms with E-state index in [4.69, 9.17) is 4.74 Å². The van der Waals surface area contributed by atoms with Crippen LogP contribution in [0.2, 0.25) is 0 Å². The van der Waals surface area contributed by atoms with Crippen molar-refractivity contribution in [3.05, 3.63) is 28.5 Å². The molecule has 2 amide bonds. The Balaban J connectivity index is 2.54. The standard InChI is InChI=1S/C12H16BrN3O3/c1-16(8-10(17)14-6-7-19-2)12(18)9-4-3-5-15-11(9)13/h3-5H,6-8H2,1-2H3,(H,14,17). The van der Waals surface area contributed by atoms with Crippen molar-refractivity contribution in [3.63, 3.8) is 0 Å². The molecule has 0 fully saturated rings. The van der Waals surface area contributed by atoms with Gasteiger partial charge in [0.15, 0.2) is 0 Å². The highest BCUT2D eigenvalue weighted by atomic mass is 79.9. The minimum atomic E-state index is -0.262. The predicted octanol–water partition coefficient (Wildman–Crippen LogP) is 0.679. The average molecular weight is 330 g/mol. The molecule has 0 aliphatic rings. The van der Waals surface area contributed by atoms with Crippen LogP contribution < -0.4 is 5.32 Å². The number of pyridine rings is 1. The zero-order valence-electron chi connectivity index (χ0n) is 10.9. The van der Waals surface area contributed by atoms with Crippen LogP contribution in [0.5, 0.6) is 0 Å². The van der Waals surface area contributed by atoms with Crippen LogP contribution >= 0.6 is 15.9 Å². The van der Waals surface area contributed by atoms with Gasteiger partial charge < -0.3 is 15.0 Å². The molecule has 0 bridgehead atoms. The number of halogens is 1. The lowest BCUT2D eigenvalue weighted by Crippen LogP contribution is -2.39. The maximum absolute atomic E-state index is 12.1. The quantitative estimate of drug-likeness (QED) is 0.615. The monoisotopic (exact) mass is 329 g/mol. The Kier molecular flexibility index (Phi) is 6.44. The summed E-state index contributed by atoms with van der Waals surface area (Å²) in [7, 11) is 3.12. The fraction of sp³-hybridized carbons (Fsp3) is 0.417. The van der Waals surface area contributed by atoms with Crippen LogP contribution in [0.3, 0.4) is 0 Å². The van der Waals surface area contributed by atoms with Crippen molar-refractivity contribution >= 4 is 27.7 Å². The molecule has 104 valence electrons. The van der Waals surface area contributed by atoms with E-state index in [0.29, 0.717) is 23.3 Å². The number of likely N-dealkylation sites (N-methyl/N-ethyl adjacent to an activating group) is 1. The van der Waals surface area contributed by atoms with E-state index in [0.717, 1.165) is 0 Å². The van der Waals surface area contributed by atoms with Gasteiger partial charge in [0.05, 0.1) is 18.7 Å². The summed E-state index contributed by atoms with van der Waals surface area (Å²) in [6, 6.07) is 3.32. The third-order valence-electron chi connectivity index (χ3n) is 2.35. The maximum atomic E-state index is 12.1. The van der Waals surface area contributed by atoms with Gasteiger partial charge >= 0.3 is 0 Å². The number of rotatable bonds is 6. The van der Waals surface area contributed by atoms with E-state index in [1.54, 1.807) is 32.5 Å². The normalized spacial score (nSPS) is 10.1. The Morgan fingerprint density at radius 2 is 2.26 bits per heavy atom. The van der Waals surface area contributed by atoms with E-state index in [1.165, 1.54) is 4.90 Å². The third-order valence-corrected chi connectivity index (χ3v) is 2.98. The van der Waals surface area contributed by atoms with Crippen LogP contribution in [0, 0.1) is 0 Å². The number of hydrogen-bond acceptors (Lipinski definition) is 4. The molecule has 1 aromatic heterocycles. The number of ether oxygens (including phenoxy) is 1. The molecular formula is C12H16BrN3O3. The van der Waals surface area contributed by atoms with E-state index >= 15 is 0 Å². The molecular weight excluding hydrogens is 314 g/mol. The Bertz CT molecular complexity index is 454. The van der Waals surface area contributed by atoms with E-state index in [9.17, 15) is 9.59 Å². The van der Waals surface area contributed by atoms with Gasteiger partial charge in [0, 0.05) is 26.9 Å². The zero-order valence-corrected chi connectivity index (χ0v) is 12.4. The maximum Gasteiger partial charge on any atom is 0.256 e. The molecule has 1 N–H and O–H groups in total. The second kappa shape index (κ2) is 7.85. The SMILES string of the molecule is COCCNC(=O)CN(C)C(=O)c1cccnc1Br. The van der Waals surface area contributed by atoms with Crippen molar-refractivity contribution in [3.8, 4) is 0 Å². The minimum Gasteiger partial charge on any atom is -0.383 e. The Morgan fingerprint density at radius 3 is 2.89 bits per heavy atom. The number of carbonyl (C=O) groups is 2. The molecule has 6 nitrogen and oxygen atoms in total. The van der Waals surface area contributed by atoms with E-state index in [2.05, 4.69) is 26.2 Å². The number of nitrogens with zero attached hydrogens (tertiary/aromatic N) is 2. The van der Waals surface area contributed by atoms with Crippen LogP contribution in [-0.4, -0.2) is 55.6 Å². The molecule has 0 unspecified atom stereocenters. The Labute approximate surface area is 120 Å². The van der Waals surface area contributed by atoms with Crippen molar-refractivity contribution in [2.75, 3.05) is 33.9 Å². The van der Waals surface area contributed by atoms with Crippen molar-refractivity contribution in [1.29, 1.82) is 0 Å². The molecule has 0 aliphatic carbocycles. The third kappa shape index (κ3) is 4.96. The fourth-order valence-corrected chi connectivity index (χ4v) is 1.81. The predicted molar refractivity (Wildman–Crippen MR) is 73.8 cm³/mol. The molecule has 1 aromatic rings. The van der Waals surface area contributed by atoms with Crippen LogP contribution in [-0.2, 0) is 9.53 Å². The summed E-state index contributed by atoms with van der Waals surface area (Å²) in [5.74, 6) is -0.491. The first-order valence-electron chi connectivity index (χ1n) is 5.68. The fourth-order valence-electron chi connectivity index (χ4n) is 1.39. The highest BCUT2D eigenvalue weighted by molar-refractivity contribution is 9.10. The summed E-state index contributed by atoms with van der Waals surface area (Å²) in [5.41, 5.74) is 0.426. The Hall–Kier alpha value is -1.47. The van der Waals surface area contributed by atoms with Crippen molar-refractivity contribution < 1.29 is 14.3 Å². The number of amides is 2. The molecule has 7 heteroatoms. The summed E-state index contributed by atoms with van der Waals surface area (Å²) in [6.45, 7) is 0.857. The first-order valence-corrected chi connectivity index (χ1v) is 6.47. The summed E-state index contributed by atoms with van der Waals surface area (Å²) in [5, 5.41) is 2.65. The summed E-state index contributed by atoms with van der Waals surface area (Å²) >= 11 is 3.21. The second-order valence-electron chi connectivity index (χ2n) is 3.85. The van der Waals surface area contributed by atoms with E-state index in [1.807, 2.05) is 0 Å².